The molecular weight excluding hydrogens is 413 g/mol. The number of alkyl halides is 1. The SMILES string of the molecule is Nc1nnc(SC2NC3CCC(Cl)CC3C(=O)N2c2ccc(Cl)cc2)s1. The van der Waals surface area contributed by atoms with Crippen molar-refractivity contribution in [2.75, 3.05) is 10.6 Å². The van der Waals surface area contributed by atoms with Gasteiger partial charge in [0.25, 0.3) is 0 Å². The van der Waals surface area contributed by atoms with E-state index in [1.807, 2.05) is 12.1 Å². The number of anilines is 2. The molecule has 138 valence electrons. The van der Waals surface area contributed by atoms with Gasteiger partial charge in [-0.15, -0.1) is 21.8 Å². The zero-order chi connectivity index (χ0) is 18.3. The van der Waals surface area contributed by atoms with Crippen molar-refractivity contribution in [3.8, 4) is 0 Å². The Kier molecular flexibility index (Phi) is 5.29. The first-order chi connectivity index (χ1) is 12.5. The Morgan fingerprint density at radius 2 is 2.04 bits per heavy atom. The number of aromatic nitrogens is 2. The summed E-state index contributed by atoms with van der Waals surface area (Å²) in [7, 11) is 0. The monoisotopic (exact) mass is 429 g/mol. The van der Waals surface area contributed by atoms with Crippen molar-refractivity contribution in [3.05, 3.63) is 29.3 Å². The van der Waals surface area contributed by atoms with E-state index in [4.69, 9.17) is 28.9 Å². The molecule has 1 saturated carbocycles. The van der Waals surface area contributed by atoms with E-state index in [2.05, 4.69) is 15.5 Å². The third kappa shape index (κ3) is 3.66. The van der Waals surface area contributed by atoms with E-state index < -0.39 is 0 Å². The van der Waals surface area contributed by atoms with Crippen molar-refractivity contribution < 1.29 is 4.79 Å². The van der Waals surface area contributed by atoms with Crippen LogP contribution in [-0.4, -0.2) is 33.0 Å². The minimum absolute atomic E-state index is 0.0428. The minimum atomic E-state index is -0.288. The second-order valence-electron chi connectivity index (χ2n) is 6.35. The number of benzene rings is 1. The van der Waals surface area contributed by atoms with Gasteiger partial charge in [-0.2, -0.15) is 0 Å². The predicted octanol–water partition coefficient (Wildman–Crippen LogP) is 3.56. The summed E-state index contributed by atoms with van der Waals surface area (Å²) in [6.07, 6.45) is 2.48. The molecule has 1 aliphatic heterocycles. The number of nitrogens with two attached hydrogens (primary N) is 1. The van der Waals surface area contributed by atoms with E-state index in [9.17, 15) is 4.79 Å². The molecule has 4 atom stereocenters. The van der Waals surface area contributed by atoms with Crippen LogP contribution in [0.2, 0.25) is 5.02 Å². The van der Waals surface area contributed by atoms with Crippen molar-refractivity contribution in [2.24, 2.45) is 5.92 Å². The van der Waals surface area contributed by atoms with Gasteiger partial charge in [0, 0.05) is 22.1 Å². The van der Waals surface area contributed by atoms with E-state index in [0.717, 1.165) is 22.9 Å². The zero-order valence-corrected chi connectivity index (χ0v) is 16.8. The molecule has 2 heterocycles. The molecule has 1 aromatic heterocycles. The number of nitrogen functional groups attached to an aromatic ring is 1. The number of fused-ring (bicyclic) bond motifs is 1. The summed E-state index contributed by atoms with van der Waals surface area (Å²) in [6.45, 7) is 0. The third-order valence-electron chi connectivity index (χ3n) is 4.67. The Labute approximate surface area is 169 Å². The number of amides is 1. The Morgan fingerprint density at radius 1 is 1.27 bits per heavy atom. The summed E-state index contributed by atoms with van der Waals surface area (Å²) in [5.74, 6) is -0.0466. The summed E-state index contributed by atoms with van der Waals surface area (Å²) >= 11 is 15.1. The number of carbonyl (C=O) groups excluding carboxylic acids is 1. The standard InChI is InChI=1S/C16H17Cl2N5OS2/c17-8-1-4-10(5-2-8)23-13(24)11-7-9(18)3-6-12(11)20-15(23)26-16-22-21-14(19)25-16/h1-2,4-5,9,11-12,15,20H,3,6-7H2,(H2,19,21). The number of carbonyl (C=O) groups is 1. The van der Waals surface area contributed by atoms with Gasteiger partial charge in [-0.05, 0) is 43.5 Å². The van der Waals surface area contributed by atoms with Crippen LogP contribution in [0.25, 0.3) is 0 Å². The fraction of sp³-hybridized carbons (Fsp3) is 0.438. The average molecular weight is 430 g/mol. The van der Waals surface area contributed by atoms with Gasteiger partial charge in [-0.1, -0.05) is 34.7 Å². The molecular formula is C16H17Cl2N5OS2. The van der Waals surface area contributed by atoms with E-state index in [1.165, 1.54) is 23.1 Å². The molecule has 1 saturated heterocycles. The first kappa shape index (κ1) is 18.3. The van der Waals surface area contributed by atoms with Gasteiger partial charge >= 0.3 is 0 Å². The molecule has 2 aliphatic rings. The molecule has 1 aromatic carbocycles. The van der Waals surface area contributed by atoms with Crippen LogP contribution in [0.4, 0.5) is 10.8 Å². The number of nitrogens with one attached hydrogen (secondary N) is 1. The van der Waals surface area contributed by atoms with Gasteiger partial charge in [-0.25, -0.2) is 0 Å². The molecule has 4 rings (SSSR count). The second-order valence-corrected chi connectivity index (χ2v) is 9.74. The zero-order valence-electron chi connectivity index (χ0n) is 13.6. The Hall–Kier alpha value is -1.06. The molecule has 4 unspecified atom stereocenters. The van der Waals surface area contributed by atoms with E-state index in [1.54, 1.807) is 17.0 Å². The molecule has 1 aliphatic carbocycles. The topological polar surface area (TPSA) is 84.1 Å². The number of rotatable bonds is 3. The molecule has 26 heavy (non-hydrogen) atoms. The number of thioether (sulfide) groups is 1. The first-order valence-corrected chi connectivity index (χ1v) is 10.8. The fourth-order valence-electron chi connectivity index (χ4n) is 3.46. The lowest BCUT2D eigenvalue weighted by Gasteiger charge is -2.46. The van der Waals surface area contributed by atoms with Crippen LogP contribution < -0.4 is 16.0 Å². The van der Waals surface area contributed by atoms with Gasteiger partial charge in [0.1, 0.15) is 5.50 Å². The minimum Gasteiger partial charge on any atom is -0.374 e. The van der Waals surface area contributed by atoms with Crippen LogP contribution in [0.5, 0.6) is 0 Å². The summed E-state index contributed by atoms with van der Waals surface area (Å²) in [5.41, 5.74) is 6.20. The highest BCUT2D eigenvalue weighted by Gasteiger charge is 2.45. The maximum Gasteiger partial charge on any atom is 0.233 e. The molecule has 1 amide bonds. The summed E-state index contributed by atoms with van der Waals surface area (Å²) in [6, 6.07) is 7.39. The highest BCUT2D eigenvalue weighted by Crippen LogP contribution is 2.39. The second kappa shape index (κ2) is 7.52. The van der Waals surface area contributed by atoms with Crippen LogP contribution in [-0.2, 0) is 4.79 Å². The molecule has 0 spiro atoms. The Morgan fingerprint density at radius 3 is 2.73 bits per heavy atom. The number of hydrogen-bond donors (Lipinski definition) is 2. The van der Waals surface area contributed by atoms with Crippen molar-refractivity contribution in [2.45, 2.75) is 40.5 Å². The van der Waals surface area contributed by atoms with Crippen molar-refractivity contribution >= 4 is 63.0 Å². The molecule has 3 N–H and O–H groups in total. The summed E-state index contributed by atoms with van der Waals surface area (Å²) < 4.78 is 0.719. The number of halogens is 2. The number of hydrogen-bond acceptors (Lipinski definition) is 7. The van der Waals surface area contributed by atoms with Crippen LogP contribution >= 0.6 is 46.3 Å². The fourth-order valence-corrected chi connectivity index (χ4v) is 5.82. The molecule has 2 fully saturated rings. The van der Waals surface area contributed by atoms with Crippen LogP contribution in [0, 0.1) is 5.92 Å². The quantitative estimate of drug-likeness (QED) is 0.725. The first-order valence-electron chi connectivity index (χ1n) is 8.25. The third-order valence-corrected chi connectivity index (χ3v) is 7.26. The van der Waals surface area contributed by atoms with Gasteiger partial charge in [0.05, 0.1) is 5.92 Å². The van der Waals surface area contributed by atoms with Gasteiger partial charge < -0.3 is 5.73 Å². The predicted molar refractivity (Wildman–Crippen MR) is 107 cm³/mol. The largest absolute Gasteiger partial charge is 0.374 e. The molecule has 2 aromatic rings. The maximum atomic E-state index is 13.3. The maximum absolute atomic E-state index is 13.3. The van der Waals surface area contributed by atoms with E-state index in [0.29, 0.717) is 16.6 Å². The van der Waals surface area contributed by atoms with Gasteiger partial charge in [0.2, 0.25) is 11.0 Å². The van der Waals surface area contributed by atoms with Crippen LogP contribution in [0.3, 0.4) is 0 Å². The average Bonchev–Trinajstić information content (AvgIpc) is 3.02. The highest BCUT2D eigenvalue weighted by molar-refractivity contribution is 8.01. The lowest BCUT2D eigenvalue weighted by Crippen LogP contribution is -2.63. The van der Waals surface area contributed by atoms with Crippen molar-refractivity contribution in [3.63, 3.8) is 0 Å². The van der Waals surface area contributed by atoms with Crippen molar-refractivity contribution in [1.29, 1.82) is 0 Å². The number of nitrogens with zero attached hydrogens (tertiary/aromatic N) is 3. The smallest absolute Gasteiger partial charge is 0.233 e. The summed E-state index contributed by atoms with van der Waals surface area (Å²) in [5, 5.41) is 12.6. The van der Waals surface area contributed by atoms with Gasteiger partial charge in [0.15, 0.2) is 4.34 Å². The van der Waals surface area contributed by atoms with E-state index in [-0.39, 0.29) is 28.7 Å². The van der Waals surface area contributed by atoms with E-state index >= 15 is 0 Å². The van der Waals surface area contributed by atoms with Crippen molar-refractivity contribution in [1.82, 2.24) is 15.5 Å². The molecule has 6 nitrogen and oxygen atoms in total. The van der Waals surface area contributed by atoms with Crippen LogP contribution in [0.15, 0.2) is 28.6 Å². The molecule has 0 radical (unpaired) electrons. The van der Waals surface area contributed by atoms with Gasteiger partial charge in [-0.3, -0.25) is 15.0 Å². The Balaban J connectivity index is 1.66. The normalized spacial score (nSPS) is 28.8. The Bertz CT molecular complexity index is 802. The molecule has 0 bridgehead atoms. The lowest BCUT2D eigenvalue weighted by molar-refractivity contribution is -0.126. The summed E-state index contributed by atoms with van der Waals surface area (Å²) in [4.78, 5) is 15.1. The lowest BCUT2D eigenvalue weighted by atomic mass is 9.82. The molecule has 10 heteroatoms. The van der Waals surface area contributed by atoms with Crippen LogP contribution in [0.1, 0.15) is 19.3 Å². The highest BCUT2D eigenvalue weighted by atomic mass is 35.5.